The topological polar surface area (TPSA) is 106 Å². The highest BCUT2D eigenvalue weighted by molar-refractivity contribution is 5.99. The summed E-state index contributed by atoms with van der Waals surface area (Å²) in [7, 11) is 3.16. The van der Waals surface area contributed by atoms with Crippen LogP contribution in [-0.4, -0.2) is 31.9 Å². The Morgan fingerprint density at radius 1 is 1.29 bits per heavy atom. The molecule has 0 saturated carbocycles. The number of ether oxygens (including phenoxy) is 1. The van der Waals surface area contributed by atoms with Crippen molar-refractivity contribution >= 4 is 22.8 Å². The van der Waals surface area contributed by atoms with Crippen LogP contribution in [0.5, 0.6) is 5.75 Å². The maximum Gasteiger partial charge on any atom is 0.329 e. The van der Waals surface area contributed by atoms with Gasteiger partial charge >= 0.3 is 5.69 Å². The van der Waals surface area contributed by atoms with Gasteiger partial charge in [-0.3, -0.25) is 18.9 Å². The molecule has 146 valence electrons. The molecule has 28 heavy (non-hydrogen) atoms. The van der Waals surface area contributed by atoms with E-state index in [2.05, 4.69) is 27.1 Å². The third-order valence-electron chi connectivity index (χ3n) is 4.27. The minimum atomic E-state index is -0.526. The number of aromatic nitrogens is 4. The average molecular weight is 382 g/mol. The molecular weight excluding hydrogens is 360 g/mol. The monoisotopic (exact) mass is 382 g/mol. The number of anilines is 1. The van der Waals surface area contributed by atoms with E-state index in [4.69, 9.17) is 4.74 Å². The lowest BCUT2D eigenvalue weighted by molar-refractivity contribution is 0.415. The number of hydrogen-bond acceptors (Lipinski definition) is 6. The van der Waals surface area contributed by atoms with Crippen molar-refractivity contribution in [1.29, 1.82) is 0 Å². The number of hydrazone groups is 1. The highest BCUT2D eigenvalue weighted by Gasteiger charge is 2.17. The first-order valence-electron chi connectivity index (χ1n) is 8.60. The van der Waals surface area contributed by atoms with E-state index in [1.165, 1.54) is 4.57 Å². The van der Waals surface area contributed by atoms with Gasteiger partial charge < -0.3 is 4.74 Å². The van der Waals surface area contributed by atoms with Crippen molar-refractivity contribution in [2.75, 3.05) is 12.5 Å². The van der Waals surface area contributed by atoms with Crippen LogP contribution < -0.4 is 21.4 Å². The smallest absolute Gasteiger partial charge is 0.329 e. The predicted octanol–water partition coefficient (Wildman–Crippen LogP) is 1.84. The molecule has 0 radical (unpaired) electrons. The molecule has 0 bridgehead atoms. The molecule has 0 fully saturated rings. The number of aromatic amines is 1. The fourth-order valence-electron chi connectivity index (χ4n) is 2.77. The molecule has 0 saturated heterocycles. The summed E-state index contributed by atoms with van der Waals surface area (Å²) in [5.41, 5.74) is 4.88. The molecule has 2 N–H and O–H groups in total. The number of fused-ring (bicyclic) bond motifs is 1. The molecule has 0 aliphatic rings. The van der Waals surface area contributed by atoms with Gasteiger partial charge in [-0.2, -0.15) is 10.1 Å². The van der Waals surface area contributed by atoms with E-state index in [1.807, 2.05) is 38.1 Å². The molecule has 9 nitrogen and oxygen atoms in total. The van der Waals surface area contributed by atoms with Crippen LogP contribution in [0.25, 0.3) is 11.2 Å². The Balaban J connectivity index is 2.05. The fourth-order valence-corrected chi connectivity index (χ4v) is 2.77. The summed E-state index contributed by atoms with van der Waals surface area (Å²) in [5, 5.41) is 4.38. The zero-order valence-electron chi connectivity index (χ0n) is 16.2. The van der Waals surface area contributed by atoms with Gasteiger partial charge in [0.1, 0.15) is 5.75 Å². The number of hydrogen-bond donors (Lipinski definition) is 2. The molecule has 0 amide bonds. The van der Waals surface area contributed by atoms with E-state index >= 15 is 0 Å². The molecule has 0 atom stereocenters. The molecule has 2 aromatic heterocycles. The van der Waals surface area contributed by atoms with Gasteiger partial charge in [-0.1, -0.05) is 12.2 Å². The number of methoxy groups -OCH3 is 1. The van der Waals surface area contributed by atoms with Crippen LogP contribution in [0.4, 0.5) is 5.95 Å². The number of imidazole rings is 1. The largest absolute Gasteiger partial charge is 0.497 e. The second kappa shape index (κ2) is 7.55. The minimum Gasteiger partial charge on any atom is -0.497 e. The molecule has 0 spiro atoms. The lowest BCUT2D eigenvalue weighted by Gasteiger charge is -2.08. The van der Waals surface area contributed by atoms with Crippen molar-refractivity contribution in [3.63, 3.8) is 0 Å². The fraction of sp³-hybridized carbons (Fsp3) is 0.263. The second-order valence-corrected chi connectivity index (χ2v) is 6.51. The average Bonchev–Trinajstić information content (AvgIpc) is 3.02. The molecule has 0 aliphatic carbocycles. The Hall–Kier alpha value is -3.62. The van der Waals surface area contributed by atoms with E-state index in [-0.39, 0.29) is 11.2 Å². The molecule has 2 heterocycles. The molecule has 3 rings (SSSR count). The molecule has 0 aliphatic heterocycles. The van der Waals surface area contributed by atoms with Crippen molar-refractivity contribution < 1.29 is 4.74 Å². The van der Waals surface area contributed by atoms with Gasteiger partial charge in [-0.15, -0.1) is 0 Å². The Kier molecular flexibility index (Phi) is 5.16. The highest BCUT2D eigenvalue weighted by atomic mass is 16.5. The predicted molar refractivity (Wildman–Crippen MR) is 109 cm³/mol. The van der Waals surface area contributed by atoms with Gasteiger partial charge in [0.15, 0.2) is 11.2 Å². The van der Waals surface area contributed by atoms with Crippen LogP contribution in [0.15, 0.2) is 51.1 Å². The van der Waals surface area contributed by atoms with Crippen LogP contribution >= 0.6 is 0 Å². The molecule has 3 aromatic rings. The molecule has 1 aromatic carbocycles. The standard InChI is InChI=1S/C19H22N6O3/c1-11(2)10-25-15-16(24(4)19(27)21-17(15)26)20-18(25)23-22-12(3)13-6-8-14(28-5)9-7-13/h6-9H,1,10H2,2-5H3,(H,20,23)(H,21,26,27). The maximum atomic E-state index is 12.4. The van der Waals surface area contributed by atoms with Crippen molar-refractivity contribution in [3.8, 4) is 5.75 Å². The van der Waals surface area contributed by atoms with Crippen molar-refractivity contribution in [2.45, 2.75) is 20.4 Å². The highest BCUT2D eigenvalue weighted by Crippen LogP contribution is 2.17. The van der Waals surface area contributed by atoms with Gasteiger partial charge in [0.25, 0.3) is 5.56 Å². The number of benzene rings is 1. The zero-order valence-corrected chi connectivity index (χ0v) is 16.2. The van der Waals surface area contributed by atoms with E-state index in [0.29, 0.717) is 12.5 Å². The first-order valence-corrected chi connectivity index (χ1v) is 8.60. The maximum absolute atomic E-state index is 12.4. The summed E-state index contributed by atoms with van der Waals surface area (Å²) in [6, 6.07) is 7.48. The van der Waals surface area contributed by atoms with Crippen molar-refractivity contribution in [1.82, 2.24) is 19.1 Å². The minimum absolute atomic E-state index is 0.273. The third-order valence-corrected chi connectivity index (χ3v) is 4.27. The van der Waals surface area contributed by atoms with Crippen molar-refractivity contribution in [2.24, 2.45) is 12.1 Å². The summed E-state index contributed by atoms with van der Waals surface area (Å²) >= 11 is 0. The number of H-pyrrole nitrogens is 1. The van der Waals surface area contributed by atoms with Crippen molar-refractivity contribution in [3.05, 3.63) is 62.8 Å². The summed E-state index contributed by atoms with van der Waals surface area (Å²) in [5.74, 6) is 1.10. The first kappa shape index (κ1) is 19.2. The zero-order chi connectivity index (χ0) is 20.4. The Bertz CT molecular complexity index is 1180. The van der Waals surface area contributed by atoms with Crippen LogP contribution in [-0.2, 0) is 13.6 Å². The number of nitrogens with zero attached hydrogens (tertiary/aromatic N) is 4. The van der Waals surface area contributed by atoms with Gasteiger partial charge in [0.2, 0.25) is 5.95 Å². The SMILES string of the molecule is C=C(C)Cn1c(NN=C(C)c2ccc(OC)cc2)nc2c1c(=O)[nH]c(=O)n2C. The first-order chi connectivity index (χ1) is 13.3. The van der Waals surface area contributed by atoms with E-state index in [1.54, 1.807) is 18.7 Å². The van der Waals surface area contributed by atoms with Crippen LogP contribution in [0.2, 0.25) is 0 Å². The van der Waals surface area contributed by atoms with E-state index < -0.39 is 11.2 Å². The van der Waals surface area contributed by atoms with Crippen LogP contribution in [0, 0.1) is 0 Å². The van der Waals surface area contributed by atoms with Gasteiger partial charge in [0.05, 0.1) is 12.8 Å². The second-order valence-electron chi connectivity index (χ2n) is 6.51. The summed E-state index contributed by atoms with van der Waals surface area (Å²) in [6.07, 6.45) is 0. The number of nitrogens with one attached hydrogen (secondary N) is 2. The number of allylic oxidation sites excluding steroid dienone is 1. The molecular formula is C19H22N6O3. The summed E-state index contributed by atoms with van der Waals surface area (Å²) in [4.78, 5) is 30.9. The van der Waals surface area contributed by atoms with Gasteiger partial charge in [0, 0.05) is 13.6 Å². The summed E-state index contributed by atoms with van der Waals surface area (Å²) < 4.78 is 8.10. The van der Waals surface area contributed by atoms with Gasteiger partial charge in [-0.05, 0) is 43.7 Å². The Labute approximate surface area is 161 Å². The Morgan fingerprint density at radius 2 is 1.96 bits per heavy atom. The third kappa shape index (κ3) is 3.59. The van der Waals surface area contributed by atoms with Crippen LogP contribution in [0.3, 0.4) is 0 Å². The Morgan fingerprint density at radius 3 is 2.57 bits per heavy atom. The molecule has 0 unspecified atom stereocenters. The quantitative estimate of drug-likeness (QED) is 0.384. The number of aryl methyl sites for hydroxylation is 1. The normalized spacial score (nSPS) is 11.6. The van der Waals surface area contributed by atoms with E-state index in [9.17, 15) is 9.59 Å². The molecule has 9 heteroatoms. The van der Waals surface area contributed by atoms with Crippen LogP contribution in [0.1, 0.15) is 19.4 Å². The lowest BCUT2D eigenvalue weighted by Crippen LogP contribution is -2.29. The number of rotatable bonds is 6. The summed E-state index contributed by atoms with van der Waals surface area (Å²) in [6.45, 7) is 7.96. The lowest BCUT2D eigenvalue weighted by atomic mass is 10.1. The van der Waals surface area contributed by atoms with Gasteiger partial charge in [-0.25, -0.2) is 10.2 Å². The van der Waals surface area contributed by atoms with E-state index in [0.717, 1.165) is 22.6 Å².